The summed E-state index contributed by atoms with van der Waals surface area (Å²) in [5.74, 6) is -1.24. The summed E-state index contributed by atoms with van der Waals surface area (Å²) >= 11 is 0. The third-order valence-electron chi connectivity index (χ3n) is 14.3. The van der Waals surface area contributed by atoms with Gasteiger partial charge in [0.2, 0.25) is 6.29 Å². The smallest absolute Gasteiger partial charge is 0.202 e. The number of phenols is 1. The van der Waals surface area contributed by atoms with Gasteiger partial charge >= 0.3 is 0 Å². The van der Waals surface area contributed by atoms with Gasteiger partial charge in [0, 0.05) is 60.8 Å². The highest BCUT2D eigenvalue weighted by Crippen LogP contribution is 2.46. The van der Waals surface area contributed by atoms with Gasteiger partial charge in [0.15, 0.2) is 36.7 Å². The Morgan fingerprint density at radius 2 is 1.15 bits per heavy atom. The van der Waals surface area contributed by atoms with Crippen molar-refractivity contribution in [1.29, 1.82) is 0 Å². The maximum Gasteiger partial charge on any atom is 0.202 e. The summed E-state index contributed by atoms with van der Waals surface area (Å²) in [7, 11) is 0. The lowest BCUT2D eigenvalue weighted by Gasteiger charge is -2.45. The van der Waals surface area contributed by atoms with E-state index in [9.17, 15) is 45.3 Å². The molecule has 5 saturated heterocycles. The minimum atomic E-state index is -1.29. The molecule has 2 aliphatic carbocycles. The number of phenolic OH excluding ortho intramolecular Hbond substituents is 1. The summed E-state index contributed by atoms with van der Waals surface area (Å²) in [5, 5.41) is 75.8. The monoisotopic (exact) mass is 956 g/mol. The van der Waals surface area contributed by atoms with E-state index in [0.29, 0.717) is 18.4 Å². The van der Waals surface area contributed by atoms with Crippen molar-refractivity contribution in [1.82, 2.24) is 0 Å². The number of ketones is 2. The fourth-order valence-corrected chi connectivity index (χ4v) is 10.8. The second-order valence-electron chi connectivity index (χ2n) is 19.4. The van der Waals surface area contributed by atoms with Crippen molar-refractivity contribution >= 4 is 17.1 Å². The van der Waals surface area contributed by atoms with E-state index in [1.165, 1.54) is 18.2 Å². The molecule has 0 bridgehead atoms. The van der Waals surface area contributed by atoms with Gasteiger partial charge in [-0.2, -0.15) is 0 Å². The van der Waals surface area contributed by atoms with Gasteiger partial charge in [-0.15, -0.1) is 0 Å². The molecular formula is C49H64O19. The zero-order chi connectivity index (χ0) is 48.5. The molecule has 0 amide bonds. The van der Waals surface area contributed by atoms with E-state index in [1.807, 2.05) is 6.92 Å². The van der Waals surface area contributed by atoms with Crippen LogP contribution in [0.5, 0.6) is 11.5 Å². The highest BCUT2D eigenvalue weighted by molar-refractivity contribution is 6.42. The van der Waals surface area contributed by atoms with Crippen LogP contribution in [-0.2, 0) is 49.1 Å². The molecular weight excluding hydrogens is 893 g/mol. The van der Waals surface area contributed by atoms with Gasteiger partial charge in [-0.1, -0.05) is 18.2 Å². The van der Waals surface area contributed by atoms with Crippen LogP contribution in [0, 0.1) is 6.92 Å². The van der Waals surface area contributed by atoms with E-state index < -0.39 is 135 Å². The Morgan fingerprint density at radius 1 is 0.574 bits per heavy atom. The van der Waals surface area contributed by atoms with Gasteiger partial charge in [-0.05, 0) is 71.2 Å². The average molecular weight is 957 g/mol. The van der Waals surface area contributed by atoms with E-state index in [4.69, 9.17) is 47.4 Å². The average Bonchev–Trinajstić information content (AvgIpc) is 3.26. The Bertz CT molecular complexity index is 2180. The number of rotatable bonds is 10. The van der Waals surface area contributed by atoms with Crippen LogP contribution in [-0.4, -0.2) is 170 Å². The summed E-state index contributed by atoms with van der Waals surface area (Å²) in [6.45, 7) is 10.4. The first-order valence-corrected chi connectivity index (χ1v) is 23.8. The second kappa shape index (κ2) is 20.0. The molecule has 0 unspecified atom stereocenters. The number of carbonyl (C=O) groups is 2. The molecule has 7 N–H and O–H groups in total. The van der Waals surface area contributed by atoms with E-state index in [2.05, 4.69) is 0 Å². The second-order valence-corrected chi connectivity index (χ2v) is 19.4. The van der Waals surface area contributed by atoms with Gasteiger partial charge in [0.05, 0.1) is 72.7 Å². The molecule has 2 aromatic rings. The van der Waals surface area contributed by atoms with Crippen LogP contribution in [0.15, 0.2) is 35.9 Å². The van der Waals surface area contributed by atoms with Crippen LogP contribution in [0.25, 0.3) is 5.57 Å². The van der Waals surface area contributed by atoms with Gasteiger partial charge < -0.3 is 83.1 Å². The Kier molecular flexibility index (Phi) is 14.5. The molecule has 0 aromatic heterocycles. The largest absolute Gasteiger partial charge is 0.507 e. The molecule has 5 heterocycles. The molecule has 2 aromatic carbocycles. The molecule has 5 fully saturated rings. The lowest BCUT2D eigenvalue weighted by Crippen LogP contribution is -2.56. The minimum absolute atomic E-state index is 0.0278. The first kappa shape index (κ1) is 49.5. The standard InChI is InChI=1S/C49H64O19/c1-19-12-25-14-28(51)42-43(40(25)27(50)13-19)46(57)26-8-7-9-33(41(26)47(42)58)65-37-17-31(54)49(24(6)63-37)68-39-18-34(45(56)22(4)61-39)66-35-11-10-32(20(2)59-35)64-36-16-30(53)48(23(5)62-36)67-38-15-29(52)44(55)21(3)60-38/h7-9,12-13,20-24,28-32,34-39,44-45,48-56H,10-11,14-18H2,1-6H3/t20-,21+,22+,23+,24+,28+,29+,30+,31+,32-,34+,35-,36-,37-,38-,39-,44+,45+,48+,49+/m0/s1. The van der Waals surface area contributed by atoms with Crippen LogP contribution in [0.3, 0.4) is 0 Å². The third kappa shape index (κ3) is 9.78. The quantitative estimate of drug-likeness (QED) is 0.180. The first-order chi connectivity index (χ1) is 32.3. The van der Waals surface area contributed by atoms with Crippen LogP contribution >= 0.6 is 0 Å². The zero-order valence-corrected chi connectivity index (χ0v) is 38.9. The Labute approximate surface area is 393 Å². The predicted octanol–water partition coefficient (Wildman–Crippen LogP) is 2.24. The number of aryl methyl sites for hydroxylation is 1. The molecule has 0 spiro atoms. The fourth-order valence-electron chi connectivity index (χ4n) is 10.8. The molecule has 5 aliphatic heterocycles. The number of hydrogen-bond donors (Lipinski definition) is 7. The predicted molar refractivity (Wildman–Crippen MR) is 234 cm³/mol. The van der Waals surface area contributed by atoms with E-state index in [-0.39, 0.29) is 71.4 Å². The van der Waals surface area contributed by atoms with E-state index in [0.717, 1.165) is 5.56 Å². The molecule has 0 saturated carbocycles. The Balaban J connectivity index is 0.769. The Morgan fingerprint density at radius 3 is 1.81 bits per heavy atom. The molecule has 7 aliphatic rings. The SMILES string of the molecule is Cc1cc(O)c2c(c1)C[C@@H](O)C1=C2C(=O)c2cccc(O[C@H]3C[C@@H](O)[C@H](O[C@H]4C[C@@H](O[C@H]5CC[C@H](O[C@H]6C[C@@H](O)[C@H](O[C@H]7C[C@@H](O)[C@H](O)[C@@H](C)O7)[C@@H](C)O6)[C@H](C)O5)[C@H](O)[C@@H](C)O4)[C@@H](C)O3)c2C1=O. The molecule has 19 nitrogen and oxygen atoms in total. The lowest BCUT2D eigenvalue weighted by molar-refractivity contribution is -0.336. The topological polar surface area (TPSA) is 268 Å². The van der Waals surface area contributed by atoms with Crippen LogP contribution in [0.1, 0.15) is 111 Å². The number of aliphatic hydroxyl groups is 6. The molecule has 0 radical (unpaired) electrons. The summed E-state index contributed by atoms with van der Waals surface area (Å²) < 4.78 is 61.3. The third-order valence-corrected chi connectivity index (χ3v) is 14.3. The van der Waals surface area contributed by atoms with Crippen molar-refractivity contribution in [3.63, 3.8) is 0 Å². The Hall–Kier alpha value is -3.48. The summed E-state index contributed by atoms with van der Waals surface area (Å²) in [6.07, 6.45) is -15.3. The van der Waals surface area contributed by atoms with E-state index >= 15 is 0 Å². The highest BCUT2D eigenvalue weighted by atomic mass is 16.8. The minimum Gasteiger partial charge on any atom is -0.507 e. The zero-order valence-electron chi connectivity index (χ0n) is 38.9. The number of benzene rings is 2. The molecule has 20 atom stereocenters. The number of ether oxygens (including phenoxy) is 10. The number of fused-ring (bicyclic) bond motifs is 3. The summed E-state index contributed by atoms with van der Waals surface area (Å²) in [4.78, 5) is 28.2. The fraction of sp³-hybridized carbons (Fsp3) is 0.673. The number of allylic oxidation sites excluding steroid dienone is 1. The van der Waals surface area contributed by atoms with Crippen LogP contribution in [0.4, 0.5) is 0 Å². The number of carbonyl (C=O) groups excluding carboxylic acids is 2. The molecule has 374 valence electrons. The number of hydrogen-bond acceptors (Lipinski definition) is 19. The first-order valence-electron chi connectivity index (χ1n) is 23.8. The van der Waals surface area contributed by atoms with Gasteiger partial charge in [0.1, 0.15) is 35.9 Å². The molecule has 68 heavy (non-hydrogen) atoms. The maximum atomic E-state index is 14.1. The number of Topliss-reactive ketones (excluding diaryl/α,β-unsaturated/α-hetero) is 2. The van der Waals surface area contributed by atoms with E-state index in [1.54, 1.807) is 46.8 Å². The van der Waals surface area contributed by atoms with Crippen LogP contribution < -0.4 is 4.74 Å². The van der Waals surface area contributed by atoms with Crippen molar-refractivity contribution < 1.29 is 92.7 Å². The number of aromatic hydroxyl groups is 1. The molecule has 19 heteroatoms. The van der Waals surface area contributed by atoms with Crippen LogP contribution in [0.2, 0.25) is 0 Å². The summed E-state index contributed by atoms with van der Waals surface area (Å²) in [5.41, 5.74) is 1.44. The maximum absolute atomic E-state index is 14.1. The van der Waals surface area contributed by atoms with Crippen molar-refractivity contribution in [3.05, 3.63) is 63.7 Å². The molecule has 9 rings (SSSR count). The van der Waals surface area contributed by atoms with Gasteiger partial charge in [-0.25, -0.2) is 0 Å². The van der Waals surface area contributed by atoms with Gasteiger partial charge in [0.25, 0.3) is 0 Å². The number of aliphatic hydroxyl groups excluding tert-OH is 6. The van der Waals surface area contributed by atoms with Crippen molar-refractivity contribution in [3.8, 4) is 11.5 Å². The lowest BCUT2D eigenvalue weighted by atomic mass is 9.73. The summed E-state index contributed by atoms with van der Waals surface area (Å²) in [6, 6.07) is 7.88. The van der Waals surface area contributed by atoms with Crippen molar-refractivity contribution in [2.75, 3.05) is 0 Å². The normalized spacial score (nSPS) is 42.0. The van der Waals surface area contributed by atoms with Crippen molar-refractivity contribution in [2.45, 2.75) is 209 Å². The van der Waals surface area contributed by atoms with Crippen molar-refractivity contribution in [2.24, 2.45) is 0 Å². The van der Waals surface area contributed by atoms with Gasteiger partial charge in [-0.3, -0.25) is 9.59 Å². The highest BCUT2D eigenvalue weighted by Gasteiger charge is 2.48.